The van der Waals surface area contributed by atoms with Crippen molar-refractivity contribution in [1.82, 2.24) is 4.90 Å². The summed E-state index contributed by atoms with van der Waals surface area (Å²) in [4.78, 5) is 12.8. The van der Waals surface area contributed by atoms with E-state index in [0.717, 1.165) is 4.90 Å². The van der Waals surface area contributed by atoms with Gasteiger partial charge in [-0.05, 0) is 26.0 Å². The van der Waals surface area contributed by atoms with Crippen molar-refractivity contribution in [2.24, 2.45) is 0 Å². The Labute approximate surface area is 104 Å². The molecule has 2 nitrogen and oxygen atoms in total. The number of hydrogen-bond acceptors (Lipinski definition) is 1. The van der Waals surface area contributed by atoms with Gasteiger partial charge in [0.05, 0.1) is 0 Å². The highest BCUT2D eigenvalue weighted by Gasteiger charge is 2.43. The zero-order valence-electron chi connectivity index (χ0n) is 9.71. The normalized spacial score (nSPS) is 11.4. The van der Waals surface area contributed by atoms with Crippen LogP contribution in [0.15, 0.2) is 24.3 Å². The van der Waals surface area contributed by atoms with Gasteiger partial charge < -0.3 is 4.90 Å². The molecule has 0 saturated carbocycles. The van der Waals surface area contributed by atoms with Gasteiger partial charge >= 0.3 is 5.92 Å². The summed E-state index contributed by atoms with van der Waals surface area (Å²) in [6, 6.07) is 5.04. The summed E-state index contributed by atoms with van der Waals surface area (Å²) in [6.45, 7) is 3.86. The standard InChI is InChI=1S/C12H14ClF2NO/c1-3-16(4-2)11(17)12(14,15)9-5-7-10(13)8-6-9/h5-8H,3-4H2,1-2H3. The molecule has 94 valence electrons. The van der Waals surface area contributed by atoms with Gasteiger partial charge in [-0.15, -0.1) is 0 Å². The largest absolute Gasteiger partial charge is 0.349 e. The second kappa shape index (κ2) is 5.45. The van der Waals surface area contributed by atoms with Crippen LogP contribution in [0.3, 0.4) is 0 Å². The van der Waals surface area contributed by atoms with Gasteiger partial charge in [0.25, 0.3) is 5.91 Å². The molecule has 0 aliphatic carbocycles. The molecule has 1 rings (SSSR count). The van der Waals surface area contributed by atoms with Crippen LogP contribution in [0.5, 0.6) is 0 Å². The lowest BCUT2D eigenvalue weighted by Gasteiger charge is -2.24. The maximum absolute atomic E-state index is 13.9. The van der Waals surface area contributed by atoms with Gasteiger partial charge in [-0.3, -0.25) is 4.79 Å². The van der Waals surface area contributed by atoms with Crippen molar-refractivity contribution >= 4 is 17.5 Å². The number of halogens is 3. The van der Waals surface area contributed by atoms with E-state index in [1.54, 1.807) is 13.8 Å². The van der Waals surface area contributed by atoms with E-state index in [1.807, 2.05) is 0 Å². The summed E-state index contributed by atoms with van der Waals surface area (Å²) in [5.74, 6) is -4.68. The highest BCUT2D eigenvalue weighted by Crippen LogP contribution is 2.30. The number of rotatable bonds is 4. The number of likely N-dealkylation sites (N-methyl/N-ethyl adjacent to an activating group) is 1. The lowest BCUT2D eigenvalue weighted by Crippen LogP contribution is -2.41. The molecule has 0 saturated heterocycles. The van der Waals surface area contributed by atoms with Crippen molar-refractivity contribution in [3.63, 3.8) is 0 Å². The second-order valence-corrected chi connectivity index (χ2v) is 4.00. The predicted octanol–water partition coefficient (Wildman–Crippen LogP) is 3.30. The molecule has 0 radical (unpaired) electrons. The van der Waals surface area contributed by atoms with Crippen molar-refractivity contribution < 1.29 is 13.6 Å². The Morgan fingerprint density at radius 1 is 1.24 bits per heavy atom. The topological polar surface area (TPSA) is 20.3 Å². The van der Waals surface area contributed by atoms with Crippen LogP contribution in [0.1, 0.15) is 19.4 Å². The molecule has 0 bridgehead atoms. The van der Waals surface area contributed by atoms with E-state index in [-0.39, 0.29) is 18.7 Å². The van der Waals surface area contributed by atoms with Crippen molar-refractivity contribution in [3.05, 3.63) is 34.9 Å². The van der Waals surface area contributed by atoms with Crippen molar-refractivity contribution in [2.75, 3.05) is 13.1 Å². The third-order valence-corrected chi connectivity index (χ3v) is 2.78. The molecule has 17 heavy (non-hydrogen) atoms. The number of carbonyl (C=O) groups excluding carboxylic acids is 1. The Bertz CT molecular complexity index is 388. The summed E-state index contributed by atoms with van der Waals surface area (Å²) in [5.41, 5.74) is -0.334. The number of amides is 1. The predicted molar refractivity (Wildman–Crippen MR) is 63.3 cm³/mol. The van der Waals surface area contributed by atoms with Gasteiger partial charge in [0.2, 0.25) is 0 Å². The number of carbonyl (C=O) groups is 1. The maximum Gasteiger partial charge on any atom is 0.349 e. The minimum Gasteiger partial charge on any atom is -0.338 e. The van der Waals surface area contributed by atoms with Crippen LogP contribution in [0.25, 0.3) is 0 Å². The zero-order chi connectivity index (χ0) is 13.1. The number of alkyl halides is 2. The minimum atomic E-state index is -3.50. The van der Waals surface area contributed by atoms with E-state index >= 15 is 0 Å². The Kier molecular flexibility index (Phi) is 4.46. The molecule has 1 amide bonds. The Hall–Kier alpha value is -1.16. The van der Waals surface area contributed by atoms with Crippen molar-refractivity contribution in [2.45, 2.75) is 19.8 Å². The fourth-order valence-electron chi connectivity index (χ4n) is 1.49. The highest BCUT2D eigenvalue weighted by atomic mass is 35.5. The van der Waals surface area contributed by atoms with Crippen molar-refractivity contribution in [1.29, 1.82) is 0 Å². The molecule has 1 aromatic carbocycles. The van der Waals surface area contributed by atoms with E-state index in [4.69, 9.17) is 11.6 Å². The van der Waals surface area contributed by atoms with Crippen LogP contribution in [0.2, 0.25) is 5.02 Å². The van der Waals surface area contributed by atoms with E-state index in [2.05, 4.69) is 0 Å². The van der Waals surface area contributed by atoms with E-state index in [0.29, 0.717) is 5.02 Å². The third-order valence-electron chi connectivity index (χ3n) is 2.53. The molecule has 0 aromatic heterocycles. The fourth-order valence-corrected chi connectivity index (χ4v) is 1.62. The van der Waals surface area contributed by atoms with Gasteiger partial charge in [-0.1, -0.05) is 23.7 Å². The van der Waals surface area contributed by atoms with E-state index < -0.39 is 11.8 Å². The zero-order valence-corrected chi connectivity index (χ0v) is 10.5. The lowest BCUT2D eigenvalue weighted by atomic mass is 10.1. The molecule has 0 fully saturated rings. The van der Waals surface area contributed by atoms with E-state index in [9.17, 15) is 13.6 Å². The van der Waals surface area contributed by atoms with Gasteiger partial charge in [-0.2, -0.15) is 8.78 Å². The van der Waals surface area contributed by atoms with Gasteiger partial charge in [0, 0.05) is 23.7 Å². The Morgan fingerprint density at radius 2 is 1.71 bits per heavy atom. The second-order valence-electron chi connectivity index (χ2n) is 3.56. The molecule has 0 aliphatic rings. The number of benzene rings is 1. The first-order valence-corrected chi connectivity index (χ1v) is 5.74. The molecular formula is C12H14ClF2NO. The van der Waals surface area contributed by atoms with Gasteiger partial charge in [0.15, 0.2) is 0 Å². The molecular weight excluding hydrogens is 248 g/mol. The quantitative estimate of drug-likeness (QED) is 0.814. The smallest absolute Gasteiger partial charge is 0.338 e. The van der Waals surface area contributed by atoms with Crippen molar-refractivity contribution in [3.8, 4) is 0 Å². The first-order valence-electron chi connectivity index (χ1n) is 5.36. The molecule has 0 spiro atoms. The molecule has 0 aliphatic heterocycles. The monoisotopic (exact) mass is 261 g/mol. The Balaban J connectivity index is 3.01. The first-order chi connectivity index (χ1) is 7.93. The van der Waals surface area contributed by atoms with Crippen LogP contribution in [-0.4, -0.2) is 23.9 Å². The Morgan fingerprint density at radius 3 is 2.12 bits per heavy atom. The summed E-state index contributed by atoms with van der Waals surface area (Å²) >= 11 is 5.62. The SMILES string of the molecule is CCN(CC)C(=O)C(F)(F)c1ccc(Cl)cc1. The van der Waals surface area contributed by atoms with Crippen LogP contribution >= 0.6 is 11.6 Å². The molecule has 0 atom stereocenters. The summed E-state index contributed by atoms with van der Waals surface area (Å²) in [7, 11) is 0. The van der Waals surface area contributed by atoms with Crippen LogP contribution in [0.4, 0.5) is 8.78 Å². The average Bonchev–Trinajstić information content (AvgIpc) is 2.31. The number of hydrogen-bond donors (Lipinski definition) is 0. The number of nitrogens with zero attached hydrogens (tertiary/aromatic N) is 1. The molecule has 1 aromatic rings. The molecule has 0 unspecified atom stereocenters. The van der Waals surface area contributed by atoms with E-state index in [1.165, 1.54) is 24.3 Å². The lowest BCUT2D eigenvalue weighted by molar-refractivity contribution is -0.158. The molecule has 5 heteroatoms. The van der Waals surface area contributed by atoms with Crippen LogP contribution < -0.4 is 0 Å². The summed E-state index contributed by atoms with van der Waals surface area (Å²) in [6.07, 6.45) is 0. The molecule has 0 N–H and O–H groups in total. The average molecular weight is 262 g/mol. The third kappa shape index (κ3) is 2.94. The maximum atomic E-state index is 13.9. The fraction of sp³-hybridized carbons (Fsp3) is 0.417. The van der Waals surface area contributed by atoms with Crippen LogP contribution in [-0.2, 0) is 10.7 Å². The molecule has 0 heterocycles. The highest BCUT2D eigenvalue weighted by molar-refractivity contribution is 6.30. The minimum absolute atomic E-state index is 0.262. The summed E-state index contributed by atoms with van der Waals surface area (Å²) < 4.78 is 27.7. The first kappa shape index (κ1) is 13.9. The summed E-state index contributed by atoms with van der Waals surface area (Å²) in [5, 5.41) is 0.361. The van der Waals surface area contributed by atoms with Crippen LogP contribution in [0, 0.1) is 0 Å². The van der Waals surface area contributed by atoms with Gasteiger partial charge in [0.1, 0.15) is 0 Å². The van der Waals surface area contributed by atoms with Gasteiger partial charge in [-0.25, -0.2) is 0 Å².